The summed E-state index contributed by atoms with van der Waals surface area (Å²) in [5.41, 5.74) is 2.29. The summed E-state index contributed by atoms with van der Waals surface area (Å²) in [6, 6.07) is 6.35. The van der Waals surface area contributed by atoms with Crippen LogP contribution in [0.2, 0.25) is 0 Å². The maximum absolute atomic E-state index is 5.58. The average Bonchev–Trinajstić information content (AvgIpc) is 2.25. The van der Waals surface area contributed by atoms with Gasteiger partial charge in [0.1, 0.15) is 5.75 Å². The molecule has 0 unspecified atom stereocenters. The molecule has 0 amide bonds. The van der Waals surface area contributed by atoms with Crippen LogP contribution >= 0.6 is 15.9 Å². The van der Waals surface area contributed by atoms with Crippen LogP contribution in [0.4, 0.5) is 0 Å². The third-order valence-corrected chi connectivity index (χ3v) is 2.54. The first-order valence-electron chi connectivity index (χ1n) is 4.88. The molecule has 1 aromatic heterocycles. The van der Waals surface area contributed by atoms with Gasteiger partial charge in [0.25, 0.3) is 0 Å². The van der Waals surface area contributed by atoms with Crippen molar-refractivity contribution in [1.29, 1.82) is 0 Å². The molecule has 0 saturated heterocycles. The van der Waals surface area contributed by atoms with E-state index in [9.17, 15) is 0 Å². The molecule has 1 aromatic carbocycles. The van der Waals surface area contributed by atoms with Gasteiger partial charge in [0, 0.05) is 12.4 Å². The van der Waals surface area contributed by atoms with E-state index in [0.29, 0.717) is 6.01 Å². The van der Waals surface area contributed by atoms with Crippen molar-refractivity contribution in [2.75, 3.05) is 0 Å². The largest absolute Gasteiger partial charge is 0.424 e. The molecule has 2 rings (SSSR count). The molecule has 0 atom stereocenters. The number of nitrogens with zero attached hydrogens (tertiary/aromatic N) is 2. The minimum absolute atomic E-state index is 0.357. The van der Waals surface area contributed by atoms with Crippen LogP contribution in [0.1, 0.15) is 11.1 Å². The van der Waals surface area contributed by atoms with Crippen molar-refractivity contribution in [2.24, 2.45) is 0 Å². The Hall–Kier alpha value is -1.42. The monoisotopic (exact) mass is 278 g/mol. The molecule has 0 aliphatic rings. The van der Waals surface area contributed by atoms with Crippen molar-refractivity contribution in [3.63, 3.8) is 0 Å². The van der Waals surface area contributed by atoms with Crippen molar-refractivity contribution in [2.45, 2.75) is 13.8 Å². The van der Waals surface area contributed by atoms with E-state index in [0.717, 1.165) is 15.8 Å². The molecule has 2 aromatic rings. The van der Waals surface area contributed by atoms with E-state index >= 15 is 0 Å². The molecule has 0 aliphatic heterocycles. The predicted molar refractivity (Wildman–Crippen MR) is 65.7 cm³/mol. The van der Waals surface area contributed by atoms with Crippen LogP contribution in [0.5, 0.6) is 11.8 Å². The molecule has 0 aliphatic carbocycles. The standard InChI is InChI=1S/C12H11BrN2O/c1-8-3-4-11(9(2)5-8)16-12-14-6-10(13)7-15-12/h3-7H,1-2H3. The Labute approximate surface area is 103 Å². The summed E-state index contributed by atoms with van der Waals surface area (Å²) in [6.07, 6.45) is 3.32. The van der Waals surface area contributed by atoms with Crippen molar-refractivity contribution in [3.05, 3.63) is 46.2 Å². The van der Waals surface area contributed by atoms with E-state index in [1.165, 1.54) is 5.56 Å². The van der Waals surface area contributed by atoms with Gasteiger partial charge in [0.2, 0.25) is 0 Å². The fraction of sp³-hybridized carbons (Fsp3) is 0.167. The quantitative estimate of drug-likeness (QED) is 0.841. The van der Waals surface area contributed by atoms with Gasteiger partial charge in [-0.15, -0.1) is 0 Å². The van der Waals surface area contributed by atoms with Crippen LogP contribution in [-0.2, 0) is 0 Å². The maximum Gasteiger partial charge on any atom is 0.321 e. The van der Waals surface area contributed by atoms with Crippen molar-refractivity contribution in [1.82, 2.24) is 9.97 Å². The average molecular weight is 279 g/mol. The summed E-state index contributed by atoms with van der Waals surface area (Å²) in [4.78, 5) is 8.11. The topological polar surface area (TPSA) is 35.0 Å². The Kier molecular flexibility index (Phi) is 3.19. The number of rotatable bonds is 2. The highest BCUT2D eigenvalue weighted by Gasteiger charge is 2.03. The molecule has 0 bridgehead atoms. The second-order valence-electron chi connectivity index (χ2n) is 3.55. The lowest BCUT2D eigenvalue weighted by atomic mass is 10.1. The Balaban J connectivity index is 2.23. The summed E-state index contributed by atoms with van der Waals surface area (Å²) in [6.45, 7) is 4.05. The van der Waals surface area contributed by atoms with E-state index in [1.807, 2.05) is 26.0 Å². The molecule has 3 nitrogen and oxygen atoms in total. The van der Waals surface area contributed by atoms with Crippen LogP contribution < -0.4 is 4.74 Å². The van der Waals surface area contributed by atoms with Gasteiger partial charge in [0.05, 0.1) is 4.47 Å². The zero-order valence-corrected chi connectivity index (χ0v) is 10.7. The normalized spacial score (nSPS) is 10.2. The van der Waals surface area contributed by atoms with E-state index in [2.05, 4.69) is 32.0 Å². The molecule has 4 heteroatoms. The molecular weight excluding hydrogens is 268 g/mol. The first-order valence-corrected chi connectivity index (χ1v) is 5.67. The number of benzene rings is 1. The highest BCUT2D eigenvalue weighted by molar-refractivity contribution is 9.10. The number of hydrogen-bond acceptors (Lipinski definition) is 3. The van der Waals surface area contributed by atoms with Crippen LogP contribution in [0.25, 0.3) is 0 Å². The first kappa shape index (κ1) is 11.1. The second-order valence-corrected chi connectivity index (χ2v) is 4.47. The molecule has 0 spiro atoms. The summed E-state index contributed by atoms with van der Waals surface area (Å²) in [5, 5.41) is 0. The Morgan fingerprint density at radius 3 is 2.44 bits per heavy atom. The maximum atomic E-state index is 5.58. The Bertz CT molecular complexity index is 497. The smallest absolute Gasteiger partial charge is 0.321 e. The Morgan fingerprint density at radius 2 is 1.81 bits per heavy atom. The van der Waals surface area contributed by atoms with Gasteiger partial charge in [-0.25, -0.2) is 9.97 Å². The fourth-order valence-corrected chi connectivity index (χ4v) is 1.57. The van der Waals surface area contributed by atoms with Crippen LogP contribution in [0, 0.1) is 13.8 Å². The van der Waals surface area contributed by atoms with Gasteiger partial charge in [-0.3, -0.25) is 0 Å². The van der Waals surface area contributed by atoms with Crippen LogP contribution in [-0.4, -0.2) is 9.97 Å². The van der Waals surface area contributed by atoms with Gasteiger partial charge in [-0.2, -0.15) is 0 Å². The number of ether oxygens (including phenoxy) is 1. The highest BCUT2D eigenvalue weighted by Crippen LogP contribution is 2.23. The predicted octanol–water partition coefficient (Wildman–Crippen LogP) is 3.65. The molecule has 0 radical (unpaired) electrons. The van der Waals surface area contributed by atoms with E-state index in [1.54, 1.807) is 12.4 Å². The lowest BCUT2D eigenvalue weighted by molar-refractivity contribution is 0.438. The number of hydrogen-bond donors (Lipinski definition) is 0. The van der Waals surface area contributed by atoms with Gasteiger partial charge >= 0.3 is 6.01 Å². The zero-order valence-electron chi connectivity index (χ0n) is 9.07. The van der Waals surface area contributed by atoms with Crippen molar-refractivity contribution >= 4 is 15.9 Å². The fourth-order valence-electron chi connectivity index (χ4n) is 1.37. The van der Waals surface area contributed by atoms with Crippen molar-refractivity contribution < 1.29 is 4.74 Å². The lowest BCUT2D eigenvalue weighted by Crippen LogP contribution is -1.93. The summed E-state index contributed by atoms with van der Waals surface area (Å²) >= 11 is 3.27. The van der Waals surface area contributed by atoms with Gasteiger partial charge in [0.15, 0.2) is 0 Å². The number of aromatic nitrogens is 2. The molecule has 1 heterocycles. The van der Waals surface area contributed by atoms with Crippen LogP contribution in [0.15, 0.2) is 35.1 Å². The third-order valence-electron chi connectivity index (χ3n) is 2.13. The molecule has 0 fully saturated rings. The van der Waals surface area contributed by atoms with Crippen LogP contribution in [0.3, 0.4) is 0 Å². The van der Waals surface area contributed by atoms with Gasteiger partial charge in [-0.1, -0.05) is 17.7 Å². The van der Waals surface area contributed by atoms with Gasteiger partial charge in [-0.05, 0) is 41.4 Å². The number of aryl methyl sites for hydroxylation is 2. The summed E-state index contributed by atoms with van der Waals surface area (Å²) in [5.74, 6) is 0.785. The first-order chi connectivity index (χ1) is 7.65. The van der Waals surface area contributed by atoms with E-state index < -0.39 is 0 Å². The van der Waals surface area contributed by atoms with Crippen molar-refractivity contribution in [3.8, 4) is 11.8 Å². The number of halogens is 1. The molecule has 0 N–H and O–H groups in total. The third kappa shape index (κ3) is 2.58. The summed E-state index contributed by atoms with van der Waals surface area (Å²) in [7, 11) is 0. The second kappa shape index (κ2) is 4.61. The molecule has 16 heavy (non-hydrogen) atoms. The SMILES string of the molecule is Cc1ccc(Oc2ncc(Br)cn2)c(C)c1. The molecule has 0 saturated carbocycles. The van der Waals surface area contributed by atoms with Gasteiger partial charge < -0.3 is 4.74 Å². The molecule has 82 valence electrons. The zero-order chi connectivity index (χ0) is 11.5. The van der Waals surface area contributed by atoms with E-state index in [-0.39, 0.29) is 0 Å². The lowest BCUT2D eigenvalue weighted by Gasteiger charge is -2.07. The molecular formula is C12H11BrN2O. The minimum Gasteiger partial charge on any atom is -0.424 e. The summed E-state index contributed by atoms with van der Waals surface area (Å²) < 4.78 is 6.41. The highest BCUT2D eigenvalue weighted by atomic mass is 79.9. The Morgan fingerprint density at radius 1 is 1.12 bits per heavy atom. The van der Waals surface area contributed by atoms with E-state index in [4.69, 9.17) is 4.74 Å². The minimum atomic E-state index is 0.357.